The number of amides is 1. The fraction of sp³-hybridized carbons (Fsp3) is 0.281. The molecule has 3 aromatic carbocycles. The Balaban J connectivity index is 1.72. The molecule has 4 rings (SSSR count). The molecule has 3 aromatic rings. The van der Waals surface area contributed by atoms with Crippen LogP contribution < -0.4 is 4.74 Å². The number of benzene rings is 3. The number of aliphatic hydroxyl groups is 1. The molecule has 202 valence electrons. The number of aryl methyl sites for hydroxylation is 1. The zero-order valence-electron chi connectivity index (χ0n) is 22.8. The maximum absolute atomic E-state index is 13.4. The van der Waals surface area contributed by atoms with Crippen LogP contribution in [0.3, 0.4) is 0 Å². The summed E-state index contributed by atoms with van der Waals surface area (Å²) in [4.78, 5) is 40.4. The van der Waals surface area contributed by atoms with Crippen molar-refractivity contribution in [3.05, 3.63) is 106 Å². The molecule has 7 nitrogen and oxygen atoms in total. The second-order valence-corrected chi connectivity index (χ2v) is 10.2. The van der Waals surface area contributed by atoms with Crippen LogP contribution in [0, 0.1) is 6.92 Å². The van der Waals surface area contributed by atoms with E-state index >= 15 is 0 Å². The van der Waals surface area contributed by atoms with E-state index in [1.807, 2.05) is 45.0 Å². The zero-order valence-corrected chi connectivity index (χ0v) is 22.8. The van der Waals surface area contributed by atoms with Crippen molar-refractivity contribution in [2.24, 2.45) is 0 Å². The van der Waals surface area contributed by atoms with Crippen LogP contribution in [-0.2, 0) is 20.9 Å². The summed E-state index contributed by atoms with van der Waals surface area (Å²) in [7, 11) is 0. The molecule has 1 atom stereocenters. The lowest BCUT2D eigenvalue weighted by molar-refractivity contribution is -0.140. The molecule has 39 heavy (non-hydrogen) atoms. The summed E-state index contributed by atoms with van der Waals surface area (Å²) in [5.74, 6) is -1.49. The minimum atomic E-state index is -0.790. The predicted octanol–water partition coefficient (Wildman–Crippen LogP) is 5.97. The average Bonchev–Trinajstić information content (AvgIpc) is 3.13. The Labute approximate surface area is 228 Å². The molecule has 7 heteroatoms. The molecule has 1 amide bonds. The molecule has 1 heterocycles. The second kappa shape index (κ2) is 11.6. The minimum absolute atomic E-state index is 0.00832. The third-order valence-electron chi connectivity index (χ3n) is 6.28. The molecule has 0 saturated carbocycles. The van der Waals surface area contributed by atoms with Crippen LogP contribution in [0.15, 0.2) is 78.4 Å². The Bertz CT molecular complexity index is 1400. The third kappa shape index (κ3) is 6.20. The van der Waals surface area contributed by atoms with Gasteiger partial charge in [0.05, 0.1) is 29.4 Å². The molecular formula is C32H33NO6. The molecule has 0 bridgehead atoms. The largest absolute Gasteiger partial charge is 0.507 e. The Kier molecular flexibility index (Phi) is 8.19. The summed E-state index contributed by atoms with van der Waals surface area (Å²) in [6.45, 7) is 9.44. The number of ether oxygens (including phenoxy) is 2. The fourth-order valence-electron chi connectivity index (χ4n) is 4.57. The summed E-state index contributed by atoms with van der Waals surface area (Å²) in [6.07, 6.45) is -0.247. The van der Waals surface area contributed by atoms with Gasteiger partial charge in [-0.3, -0.25) is 9.59 Å². The van der Waals surface area contributed by atoms with Crippen molar-refractivity contribution in [2.75, 3.05) is 0 Å². The van der Waals surface area contributed by atoms with Gasteiger partial charge in [-0.25, -0.2) is 4.79 Å². The zero-order chi connectivity index (χ0) is 28.3. The lowest BCUT2D eigenvalue weighted by Gasteiger charge is -2.26. The number of carbonyl (C=O) groups is 3. The highest BCUT2D eigenvalue weighted by molar-refractivity contribution is 6.46. The predicted molar refractivity (Wildman–Crippen MR) is 148 cm³/mol. The first-order valence-corrected chi connectivity index (χ1v) is 13.0. The number of hydrogen-bond acceptors (Lipinski definition) is 6. The van der Waals surface area contributed by atoms with Crippen LogP contribution in [0.4, 0.5) is 0 Å². The van der Waals surface area contributed by atoms with Crippen molar-refractivity contribution in [1.82, 2.24) is 4.90 Å². The van der Waals surface area contributed by atoms with Crippen molar-refractivity contribution in [1.29, 1.82) is 0 Å². The van der Waals surface area contributed by atoms with Crippen LogP contribution in [-0.4, -0.2) is 39.9 Å². The lowest BCUT2D eigenvalue weighted by Crippen LogP contribution is -2.29. The highest BCUT2D eigenvalue weighted by atomic mass is 16.5. The number of rotatable bonds is 8. The van der Waals surface area contributed by atoms with Gasteiger partial charge < -0.3 is 19.5 Å². The van der Waals surface area contributed by atoms with Gasteiger partial charge >= 0.3 is 5.97 Å². The number of carbonyl (C=O) groups excluding carboxylic acids is 3. The van der Waals surface area contributed by atoms with Gasteiger partial charge in [-0.05, 0) is 82.1 Å². The summed E-state index contributed by atoms with van der Waals surface area (Å²) < 4.78 is 10.9. The Morgan fingerprint density at radius 3 is 2.13 bits per heavy atom. The van der Waals surface area contributed by atoms with E-state index in [0.717, 1.165) is 11.1 Å². The standard InChI is InChI=1S/C32H33NO6/c1-19(2)38-26-15-13-23(14-16-26)29(34)27-28(25-8-6-7-21(5)17-25)33(31(36)30(27)35)18-22-9-11-24(12-10-22)32(37)39-20(3)4/h6-17,19-20,28,34H,18H2,1-5H3/b29-27+. The molecule has 1 aliphatic heterocycles. The fourth-order valence-corrected chi connectivity index (χ4v) is 4.57. The number of nitrogens with zero attached hydrogens (tertiary/aromatic N) is 1. The number of aliphatic hydroxyl groups excluding tert-OH is 1. The molecule has 1 fully saturated rings. The van der Waals surface area contributed by atoms with E-state index in [2.05, 4.69) is 0 Å². The van der Waals surface area contributed by atoms with E-state index in [0.29, 0.717) is 22.4 Å². The first-order valence-electron chi connectivity index (χ1n) is 13.0. The molecular weight excluding hydrogens is 494 g/mol. The van der Waals surface area contributed by atoms with Gasteiger partial charge in [-0.15, -0.1) is 0 Å². The van der Waals surface area contributed by atoms with Crippen LogP contribution >= 0.6 is 0 Å². The Morgan fingerprint density at radius 2 is 1.54 bits per heavy atom. The minimum Gasteiger partial charge on any atom is -0.507 e. The van der Waals surface area contributed by atoms with Crippen LogP contribution in [0.25, 0.3) is 5.76 Å². The van der Waals surface area contributed by atoms with Crippen molar-refractivity contribution >= 4 is 23.4 Å². The maximum Gasteiger partial charge on any atom is 0.338 e. The number of hydrogen-bond donors (Lipinski definition) is 1. The van der Waals surface area contributed by atoms with Gasteiger partial charge in [0.1, 0.15) is 11.5 Å². The lowest BCUT2D eigenvalue weighted by atomic mass is 9.94. The third-order valence-corrected chi connectivity index (χ3v) is 6.28. The average molecular weight is 528 g/mol. The summed E-state index contributed by atoms with van der Waals surface area (Å²) >= 11 is 0. The monoisotopic (exact) mass is 527 g/mol. The van der Waals surface area contributed by atoms with Crippen LogP contribution in [0.2, 0.25) is 0 Å². The summed E-state index contributed by atoms with van der Waals surface area (Å²) in [5.41, 5.74) is 3.24. The molecule has 1 N–H and O–H groups in total. The first kappa shape index (κ1) is 27.6. The molecule has 1 aliphatic rings. The normalized spacial score (nSPS) is 16.7. The van der Waals surface area contributed by atoms with Crippen molar-refractivity contribution in [2.45, 2.75) is 59.4 Å². The Hall–Kier alpha value is -4.39. The molecule has 1 unspecified atom stereocenters. The van der Waals surface area contributed by atoms with Gasteiger partial charge in [-0.2, -0.15) is 0 Å². The topological polar surface area (TPSA) is 93.1 Å². The molecule has 0 radical (unpaired) electrons. The van der Waals surface area contributed by atoms with Gasteiger partial charge in [0.2, 0.25) is 0 Å². The van der Waals surface area contributed by atoms with Gasteiger partial charge in [0.15, 0.2) is 0 Å². The number of esters is 1. The molecule has 0 spiro atoms. The van der Waals surface area contributed by atoms with Gasteiger partial charge in [0, 0.05) is 12.1 Å². The van der Waals surface area contributed by atoms with E-state index in [1.165, 1.54) is 4.90 Å². The van der Waals surface area contributed by atoms with Crippen LogP contribution in [0.1, 0.15) is 66.3 Å². The maximum atomic E-state index is 13.4. The quantitative estimate of drug-likeness (QED) is 0.168. The molecule has 0 aliphatic carbocycles. The highest BCUT2D eigenvalue weighted by Crippen LogP contribution is 2.40. The smallest absolute Gasteiger partial charge is 0.338 e. The van der Waals surface area contributed by atoms with E-state index in [1.54, 1.807) is 62.4 Å². The summed E-state index contributed by atoms with van der Waals surface area (Å²) in [5, 5.41) is 11.3. The highest BCUT2D eigenvalue weighted by Gasteiger charge is 2.46. The van der Waals surface area contributed by atoms with Crippen molar-refractivity contribution in [3.8, 4) is 5.75 Å². The molecule has 1 saturated heterocycles. The number of likely N-dealkylation sites (tertiary alicyclic amines) is 1. The van der Waals surface area contributed by atoms with E-state index in [9.17, 15) is 19.5 Å². The van der Waals surface area contributed by atoms with Crippen molar-refractivity contribution < 1.29 is 29.0 Å². The molecule has 0 aromatic heterocycles. The SMILES string of the molecule is Cc1cccc(C2/C(=C(\O)c3ccc(OC(C)C)cc3)C(=O)C(=O)N2Cc2ccc(C(=O)OC(C)C)cc2)c1. The van der Waals surface area contributed by atoms with Crippen molar-refractivity contribution in [3.63, 3.8) is 0 Å². The second-order valence-electron chi connectivity index (χ2n) is 10.2. The Morgan fingerprint density at radius 1 is 0.897 bits per heavy atom. The van der Waals surface area contributed by atoms with E-state index < -0.39 is 23.7 Å². The van der Waals surface area contributed by atoms with Gasteiger partial charge in [0.25, 0.3) is 11.7 Å². The van der Waals surface area contributed by atoms with Crippen LogP contribution in [0.5, 0.6) is 5.75 Å². The van der Waals surface area contributed by atoms with E-state index in [-0.39, 0.29) is 30.1 Å². The van der Waals surface area contributed by atoms with E-state index in [4.69, 9.17) is 9.47 Å². The van der Waals surface area contributed by atoms with Gasteiger partial charge in [-0.1, -0.05) is 42.0 Å². The summed E-state index contributed by atoms with van der Waals surface area (Å²) in [6, 6.07) is 20.3. The number of ketones is 1. The first-order chi connectivity index (χ1) is 18.5. The number of Topliss-reactive ketones (excluding diaryl/α,β-unsaturated/α-hetero) is 1.